The fourth-order valence-corrected chi connectivity index (χ4v) is 2.50. The van der Waals surface area contributed by atoms with Crippen LogP contribution < -0.4 is 5.32 Å². The Labute approximate surface area is 124 Å². The molecule has 0 bridgehead atoms. The molecular weight excluding hydrogens is 271 g/mol. The molecule has 0 saturated carbocycles. The summed E-state index contributed by atoms with van der Waals surface area (Å²) in [7, 11) is 1.75. The maximum atomic E-state index is 13.2. The van der Waals surface area contributed by atoms with Crippen LogP contribution in [0.1, 0.15) is 31.2 Å². The molecule has 2 amide bonds. The quantitative estimate of drug-likeness (QED) is 0.921. The van der Waals surface area contributed by atoms with Gasteiger partial charge in [0.2, 0.25) is 11.8 Å². The van der Waals surface area contributed by atoms with Crippen LogP contribution in [0.15, 0.2) is 24.3 Å². The Morgan fingerprint density at radius 2 is 2.29 bits per heavy atom. The van der Waals surface area contributed by atoms with Crippen LogP contribution in [0.25, 0.3) is 0 Å². The van der Waals surface area contributed by atoms with Gasteiger partial charge in [-0.15, -0.1) is 0 Å². The first kappa shape index (κ1) is 15.5. The number of nitrogens with one attached hydrogen (secondary N) is 1. The lowest BCUT2D eigenvalue weighted by Gasteiger charge is -2.28. The zero-order valence-corrected chi connectivity index (χ0v) is 12.4. The third-order valence-corrected chi connectivity index (χ3v) is 4.03. The standard InChI is InChI=1S/C16H21FN2O2/c1-11(12-4-3-5-14(17)8-12)10-18-16(21)13-6-7-19(2)15(20)9-13/h3-5,8,11,13H,6-7,9-10H2,1-2H3,(H,18,21)/t11-,13-/m1/s1. The molecule has 1 aliphatic rings. The molecule has 1 fully saturated rings. The molecule has 1 aromatic carbocycles. The Hall–Kier alpha value is -1.91. The lowest BCUT2D eigenvalue weighted by molar-refractivity contribution is -0.139. The monoisotopic (exact) mass is 292 g/mol. The van der Waals surface area contributed by atoms with Crippen molar-refractivity contribution < 1.29 is 14.0 Å². The topological polar surface area (TPSA) is 49.4 Å². The third-order valence-electron chi connectivity index (χ3n) is 4.03. The number of likely N-dealkylation sites (tertiary alicyclic amines) is 1. The molecular formula is C16H21FN2O2. The summed E-state index contributed by atoms with van der Waals surface area (Å²) in [6.45, 7) is 3.01. The Kier molecular flexibility index (Phi) is 4.94. The van der Waals surface area contributed by atoms with Crippen molar-refractivity contribution in [2.24, 2.45) is 5.92 Å². The molecule has 1 heterocycles. The van der Waals surface area contributed by atoms with E-state index in [4.69, 9.17) is 0 Å². The first-order valence-electron chi connectivity index (χ1n) is 7.24. The predicted octanol–water partition coefficient (Wildman–Crippen LogP) is 1.91. The fraction of sp³-hybridized carbons (Fsp3) is 0.500. The molecule has 1 saturated heterocycles. The van der Waals surface area contributed by atoms with Crippen LogP contribution in [0.5, 0.6) is 0 Å². The van der Waals surface area contributed by atoms with Gasteiger partial charge in [0.05, 0.1) is 0 Å². The van der Waals surface area contributed by atoms with Gasteiger partial charge in [0.15, 0.2) is 0 Å². The maximum Gasteiger partial charge on any atom is 0.223 e. The van der Waals surface area contributed by atoms with Crippen molar-refractivity contribution in [3.05, 3.63) is 35.6 Å². The van der Waals surface area contributed by atoms with Gasteiger partial charge in [-0.1, -0.05) is 19.1 Å². The third kappa shape index (κ3) is 4.03. The number of halogens is 1. The molecule has 114 valence electrons. The SMILES string of the molecule is C[C@H](CNC(=O)[C@@H]1CCN(C)C(=O)C1)c1cccc(F)c1. The van der Waals surface area contributed by atoms with E-state index in [2.05, 4.69) is 5.32 Å². The van der Waals surface area contributed by atoms with Crippen LogP contribution >= 0.6 is 0 Å². The Balaban J connectivity index is 1.85. The van der Waals surface area contributed by atoms with Crippen LogP contribution in [0.4, 0.5) is 4.39 Å². The second-order valence-corrected chi connectivity index (χ2v) is 5.71. The van der Waals surface area contributed by atoms with Gasteiger partial charge >= 0.3 is 0 Å². The minimum Gasteiger partial charge on any atom is -0.355 e. The molecule has 2 rings (SSSR count). The highest BCUT2D eigenvalue weighted by molar-refractivity contribution is 5.86. The van der Waals surface area contributed by atoms with Gasteiger partial charge < -0.3 is 10.2 Å². The highest BCUT2D eigenvalue weighted by Gasteiger charge is 2.28. The van der Waals surface area contributed by atoms with Crippen LogP contribution in [-0.2, 0) is 9.59 Å². The van der Waals surface area contributed by atoms with Crippen LogP contribution in [0.3, 0.4) is 0 Å². The summed E-state index contributed by atoms with van der Waals surface area (Å²) in [5.74, 6) is -0.550. The van der Waals surface area contributed by atoms with Gasteiger partial charge in [0.25, 0.3) is 0 Å². The number of carbonyl (C=O) groups excluding carboxylic acids is 2. The van der Waals surface area contributed by atoms with Crippen molar-refractivity contribution >= 4 is 11.8 Å². The average Bonchev–Trinajstić information content (AvgIpc) is 2.47. The molecule has 0 aromatic heterocycles. The van der Waals surface area contributed by atoms with E-state index in [9.17, 15) is 14.0 Å². The number of nitrogens with zero attached hydrogens (tertiary/aromatic N) is 1. The van der Waals surface area contributed by atoms with Crippen molar-refractivity contribution in [3.63, 3.8) is 0 Å². The first-order valence-corrected chi connectivity index (χ1v) is 7.24. The molecule has 1 aromatic rings. The molecule has 0 unspecified atom stereocenters. The molecule has 0 radical (unpaired) electrons. The minimum atomic E-state index is -0.272. The average molecular weight is 292 g/mol. The highest BCUT2D eigenvalue weighted by Crippen LogP contribution is 2.19. The van der Waals surface area contributed by atoms with Crippen molar-refractivity contribution in [3.8, 4) is 0 Å². The zero-order valence-electron chi connectivity index (χ0n) is 12.4. The number of carbonyl (C=O) groups is 2. The van der Waals surface area contributed by atoms with Crippen molar-refractivity contribution in [1.29, 1.82) is 0 Å². The summed E-state index contributed by atoms with van der Waals surface area (Å²) in [6.07, 6.45) is 0.971. The van der Waals surface area contributed by atoms with Gasteiger partial charge in [0.1, 0.15) is 5.82 Å². The van der Waals surface area contributed by atoms with Crippen molar-refractivity contribution in [1.82, 2.24) is 10.2 Å². The van der Waals surface area contributed by atoms with Crippen molar-refractivity contribution in [2.45, 2.75) is 25.7 Å². The van der Waals surface area contributed by atoms with Gasteiger partial charge in [-0.2, -0.15) is 0 Å². The van der Waals surface area contributed by atoms with Gasteiger partial charge in [-0.05, 0) is 30.0 Å². The number of hydrogen-bond donors (Lipinski definition) is 1. The van der Waals surface area contributed by atoms with E-state index in [1.54, 1.807) is 18.0 Å². The number of hydrogen-bond acceptors (Lipinski definition) is 2. The summed E-state index contributed by atoms with van der Waals surface area (Å²) in [5.41, 5.74) is 0.856. The van der Waals surface area contributed by atoms with Crippen molar-refractivity contribution in [2.75, 3.05) is 20.1 Å². The summed E-state index contributed by atoms with van der Waals surface area (Å²) in [5, 5.41) is 2.87. The summed E-state index contributed by atoms with van der Waals surface area (Å²) in [4.78, 5) is 25.4. The molecule has 0 spiro atoms. The van der Waals surface area contributed by atoms with E-state index in [1.807, 2.05) is 13.0 Å². The smallest absolute Gasteiger partial charge is 0.223 e. The van der Waals surface area contributed by atoms with Crippen LogP contribution in [0, 0.1) is 11.7 Å². The Bertz CT molecular complexity index is 533. The van der Waals surface area contributed by atoms with E-state index in [0.29, 0.717) is 19.5 Å². The molecule has 1 N–H and O–H groups in total. The number of benzene rings is 1. The Morgan fingerprint density at radius 1 is 1.52 bits per heavy atom. The van der Waals surface area contributed by atoms with Gasteiger partial charge in [-0.3, -0.25) is 9.59 Å². The van der Waals surface area contributed by atoms with E-state index in [0.717, 1.165) is 5.56 Å². The second kappa shape index (κ2) is 6.70. The first-order chi connectivity index (χ1) is 9.97. The molecule has 4 nitrogen and oxygen atoms in total. The normalized spacial score (nSPS) is 20.2. The molecule has 21 heavy (non-hydrogen) atoms. The Morgan fingerprint density at radius 3 is 2.95 bits per heavy atom. The molecule has 2 atom stereocenters. The lowest BCUT2D eigenvalue weighted by Crippen LogP contribution is -2.42. The van der Waals surface area contributed by atoms with E-state index in [1.165, 1.54) is 12.1 Å². The maximum absolute atomic E-state index is 13.2. The largest absolute Gasteiger partial charge is 0.355 e. The molecule has 5 heteroatoms. The number of piperidine rings is 1. The summed E-state index contributed by atoms with van der Waals surface area (Å²) < 4.78 is 13.2. The van der Waals surface area contributed by atoms with Crippen LogP contribution in [0.2, 0.25) is 0 Å². The second-order valence-electron chi connectivity index (χ2n) is 5.71. The van der Waals surface area contributed by atoms with E-state index in [-0.39, 0.29) is 35.9 Å². The number of rotatable bonds is 4. The molecule has 1 aliphatic heterocycles. The number of amides is 2. The van der Waals surface area contributed by atoms with Crippen LogP contribution in [-0.4, -0.2) is 36.9 Å². The summed E-state index contributed by atoms with van der Waals surface area (Å²) in [6, 6.07) is 6.40. The van der Waals surface area contributed by atoms with E-state index >= 15 is 0 Å². The zero-order chi connectivity index (χ0) is 15.4. The fourth-order valence-electron chi connectivity index (χ4n) is 2.50. The predicted molar refractivity (Wildman–Crippen MR) is 78.2 cm³/mol. The summed E-state index contributed by atoms with van der Waals surface area (Å²) >= 11 is 0. The van der Waals surface area contributed by atoms with Gasteiger partial charge in [0, 0.05) is 32.5 Å². The van der Waals surface area contributed by atoms with Gasteiger partial charge in [-0.25, -0.2) is 4.39 Å². The highest BCUT2D eigenvalue weighted by atomic mass is 19.1. The molecule has 0 aliphatic carbocycles. The lowest BCUT2D eigenvalue weighted by atomic mass is 9.95. The van der Waals surface area contributed by atoms with E-state index < -0.39 is 0 Å². The minimum absolute atomic E-state index is 0.0135.